The van der Waals surface area contributed by atoms with Crippen LogP contribution < -0.4 is 15.4 Å². The normalized spacial score (nSPS) is 10.4. The third-order valence-electron chi connectivity index (χ3n) is 4.42. The minimum atomic E-state index is -0.921. The number of carboxylic acid groups (broad SMARTS) is 1. The second kappa shape index (κ2) is 11.0. The molecule has 0 spiro atoms. The molecule has 30 heavy (non-hydrogen) atoms. The summed E-state index contributed by atoms with van der Waals surface area (Å²) in [6, 6.07) is 10.6. The summed E-state index contributed by atoms with van der Waals surface area (Å²) >= 11 is 0. The Morgan fingerprint density at radius 3 is 2.43 bits per heavy atom. The number of ketones is 1. The molecule has 0 bridgehead atoms. The molecule has 0 aliphatic rings. The molecular weight excluding hydrogens is 388 g/mol. The first-order valence-electron chi connectivity index (χ1n) is 9.41. The van der Waals surface area contributed by atoms with Gasteiger partial charge in [-0.25, -0.2) is 4.79 Å². The van der Waals surface area contributed by atoms with Crippen molar-refractivity contribution in [3.8, 4) is 16.9 Å². The Bertz CT molecular complexity index is 926. The maximum atomic E-state index is 11.6. The minimum absolute atomic E-state index is 0.0897. The second-order valence-electron chi connectivity index (χ2n) is 6.72. The van der Waals surface area contributed by atoms with Gasteiger partial charge in [-0.15, -0.1) is 0 Å². The van der Waals surface area contributed by atoms with E-state index in [1.165, 1.54) is 14.0 Å². The molecule has 1 amide bonds. The van der Waals surface area contributed by atoms with Crippen molar-refractivity contribution in [1.82, 2.24) is 5.32 Å². The molecular formula is C22H26N2O6. The topological polar surface area (TPSA) is 114 Å². The number of rotatable bonds is 10. The summed E-state index contributed by atoms with van der Waals surface area (Å²) in [6.45, 7) is 2.48. The first-order valence-corrected chi connectivity index (χ1v) is 9.41. The third kappa shape index (κ3) is 6.59. The van der Waals surface area contributed by atoms with Crippen molar-refractivity contribution in [2.75, 3.05) is 26.1 Å². The van der Waals surface area contributed by atoms with Gasteiger partial charge in [0.2, 0.25) is 0 Å². The summed E-state index contributed by atoms with van der Waals surface area (Å²) in [7, 11) is 2.83. The van der Waals surface area contributed by atoms with Gasteiger partial charge in [-0.05, 0) is 47.9 Å². The molecule has 0 atom stereocenters. The van der Waals surface area contributed by atoms with E-state index in [1.54, 1.807) is 37.4 Å². The summed E-state index contributed by atoms with van der Waals surface area (Å²) in [6.07, 6.45) is -0.280. The summed E-state index contributed by atoms with van der Waals surface area (Å²) in [5.41, 5.74) is 3.60. The lowest BCUT2D eigenvalue weighted by Crippen LogP contribution is -2.18. The van der Waals surface area contributed by atoms with Gasteiger partial charge in [0.05, 0.1) is 20.6 Å². The Morgan fingerprint density at radius 1 is 1.03 bits per heavy atom. The Balaban J connectivity index is 2.44. The van der Waals surface area contributed by atoms with E-state index in [4.69, 9.17) is 9.84 Å². The van der Waals surface area contributed by atoms with Crippen LogP contribution in [0.2, 0.25) is 0 Å². The molecule has 0 heterocycles. The molecule has 0 radical (unpaired) electrons. The fourth-order valence-electron chi connectivity index (χ4n) is 2.99. The fraction of sp³-hybridized carbons (Fsp3) is 0.318. The highest BCUT2D eigenvalue weighted by Gasteiger charge is 2.14. The number of Topliss-reactive ketones (excluding diaryl/α,β-unsaturated/α-hetero) is 1. The number of carbonyl (C=O) groups excluding carboxylic acids is 2. The number of methoxy groups -OCH3 is 2. The van der Waals surface area contributed by atoms with Gasteiger partial charge in [0, 0.05) is 30.8 Å². The van der Waals surface area contributed by atoms with E-state index in [1.807, 2.05) is 6.07 Å². The molecule has 0 saturated heterocycles. The number of hydrogen-bond acceptors (Lipinski definition) is 6. The Kier molecular flexibility index (Phi) is 8.37. The number of nitrogens with one attached hydrogen (secondary N) is 2. The van der Waals surface area contributed by atoms with E-state index in [2.05, 4.69) is 15.4 Å². The molecule has 2 aromatic rings. The van der Waals surface area contributed by atoms with Gasteiger partial charge in [0.15, 0.2) is 0 Å². The summed E-state index contributed by atoms with van der Waals surface area (Å²) < 4.78 is 10.1. The summed E-state index contributed by atoms with van der Waals surface area (Å²) in [4.78, 5) is 33.9. The number of carboxylic acids is 1. The van der Waals surface area contributed by atoms with Crippen molar-refractivity contribution in [1.29, 1.82) is 0 Å². The van der Waals surface area contributed by atoms with Gasteiger partial charge in [-0.2, -0.15) is 0 Å². The van der Waals surface area contributed by atoms with Crippen LogP contribution in [-0.2, 0) is 27.3 Å². The van der Waals surface area contributed by atoms with Crippen LogP contribution in [0.3, 0.4) is 0 Å². The standard InChI is InChI=1S/C22H26N2O6/c1-14(25)8-9-23-13-16-12-17(24-22(28)30-3)5-6-18(16)19-10-15(11-21(26)27)4-7-20(19)29-2/h4-7,10,12,23H,8-9,11,13H2,1-3H3,(H,24,28)(H,26,27). The molecule has 0 unspecified atom stereocenters. The van der Waals surface area contributed by atoms with Crippen LogP contribution in [0.25, 0.3) is 11.1 Å². The first-order chi connectivity index (χ1) is 14.3. The highest BCUT2D eigenvalue weighted by Crippen LogP contribution is 2.35. The zero-order chi connectivity index (χ0) is 22.1. The number of carbonyl (C=O) groups is 3. The van der Waals surface area contributed by atoms with Crippen molar-refractivity contribution in [2.24, 2.45) is 0 Å². The SMILES string of the molecule is COC(=O)Nc1ccc(-c2cc(CC(=O)O)ccc2OC)c(CNCCC(C)=O)c1. The van der Waals surface area contributed by atoms with Gasteiger partial charge < -0.3 is 19.9 Å². The number of hydrogen-bond donors (Lipinski definition) is 3. The lowest BCUT2D eigenvalue weighted by atomic mass is 9.95. The molecule has 2 rings (SSSR count). The molecule has 160 valence electrons. The predicted octanol–water partition coefficient (Wildman–Crippen LogP) is 3.24. The molecule has 8 nitrogen and oxygen atoms in total. The lowest BCUT2D eigenvalue weighted by Gasteiger charge is -2.16. The van der Waals surface area contributed by atoms with Gasteiger partial charge >= 0.3 is 12.1 Å². The third-order valence-corrected chi connectivity index (χ3v) is 4.42. The second-order valence-corrected chi connectivity index (χ2v) is 6.72. The Labute approximate surface area is 175 Å². The smallest absolute Gasteiger partial charge is 0.411 e. The molecule has 3 N–H and O–H groups in total. The first kappa shape index (κ1) is 22.9. The summed E-state index contributed by atoms with van der Waals surface area (Å²) in [5.74, 6) is -0.232. The largest absolute Gasteiger partial charge is 0.496 e. The van der Waals surface area contributed by atoms with Crippen molar-refractivity contribution in [3.63, 3.8) is 0 Å². The van der Waals surface area contributed by atoms with Crippen LogP contribution in [0, 0.1) is 0 Å². The van der Waals surface area contributed by atoms with Crippen LogP contribution in [0.4, 0.5) is 10.5 Å². The predicted molar refractivity (Wildman–Crippen MR) is 113 cm³/mol. The van der Waals surface area contributed by atoms with Gasteiger partial charge in [0.1, 0.15) is 11.5 Å². The van der Waals surface area contributed by atoms with Crippen LogP contribution in [-0.4, -0.2) is 43.7 Å². The minimum Gasteiger partial charge on any atom is -0.496 e. The average Bonchev–Trinajstić information content (AvgIpc) is 2.70. The number of ether oxygens (including phenoxy) is 2. The van der Waals surface area contributed by atoms with Crippen LogP contribution in [0.1, 0.15) is 24.5 Å². The van der Waals surface area contributed by atoms with E-state index in [-0.39, 0.29) is 12.2 Å². The van der Waals surface area contributed by atoms with Crippen LogP contribution in [0.15, 0.2) is 36.4 Å². The molecule has 2 aromatic carbocycles. The Morgan fingerprint density at radius 2 is 1.80 bits per heavy atom. The van der Waals surface area contributed by atoms with Crippen LogP contribution in [0.5, 0.6) is 5.75 Å². The molecule has 0 aliphatic carbocycles. The van der Waals surface area contributed by atoms with E-state index in [0.717, 1.165) is 16.7 Å². The highest BCUT2D eigenvalue weighted by molar-refractivity contribution is 5.86. The average molecular weight is 414 g/mol. The van der Waals surface area contributed by atoms with Crippen molar-refractivity contribution < 1.29 is 29.0 Å². The van der Waals surface area contributed by atoms with E-state index in [9.17, 15) is 14.4 Å². The number of aliphatic carboxylic acids is 1. The monoisotopic (exact) mass is 414 g/mol. The van der Waals surface area contributed by atoms with Crippen molar-refractivity contribution in [3.05, 3.63) is 47.5 Å². The van der Waals surface area contributed by atoms with Gasteiger partial charge in [-0.3, -0.25) is 14.9 Å². The van der Waals surface area contributed by atoms with E-state index >= 15 is 0 Å². The quantitative estimate of drug-likeness (QED) is 0.511. The number of anilines is 1. The Hall–Kier alpha value is -3.39. The summed E-state index contributed by atoms with van der Waals surface area (Å²) in [5, 5.41) is 15.0. The van der Waals surface area contributed by atoms with Crippen molar-refractivity contribution in [2.45, 2.75) is 26.3 Å². The maximum absolute atomic E-state index is 11.6. The lowest BCUT2D eigenvalue weighted by molar-refractivity contribution is -0.136. The van der Waals surface area contributed by atoms with Crippen LogP contribution >= 0.6 is 0 Å². The van der Waals surface area contributed by atoms with Crippen molar-refractivity contribution >= 4 is 23.5 Å². The highest BCUT2D eigenvalue weighted by atomic mass is 16.5. The molecule has 0 aliphatic heterocycles. The van der Waals surface area contributed by atoms with E-state index in [0.29, 0.717) is 36.5 Å². The van der Waals surface area contributed by atoms with E-state index < -0.39 is 12.1 Å². The maximum Gasteiger partial charge on any atom is 0.411 e. The molecule has 0 saturated carbocycles. The fourth-order valence-corrected chi connectivity index (χ4v) is 2.99. The molecule has 8 heteroatoms. The molecule has 0 aromatic heterocycles. The van der Waals surface area contributed by atoms with Gasteiger partial charge in [0.25, 0.3) is 0 Å². The zero-order valence-electron chi connectivity index (χ0n) is 17.3. The number of benzene rings is 2. The van der Waals surface area contributed by atoms with Gasteiger partial charge in [-0.1, -0.05) is 12.1 Å². The molecule has 0 fully saturated rings. The zero-order valence-corrected chi connectivity index (χ0v) is 17.3. The number of amides is 1.